The van der Waals surface area contributed by atoms with Crippen molar-refractivity contribution in [1.82, 2.24) is 15.6 Å². The zero-order valence-corrected chi connectivity index (χ0v) is 18.2. The quantitative estimate of drug-likeness (QED) is 0.441. The summed E-state index contributed by atoms with van der Waals surface area (Å²) in [5.74, 6) is 0.751. The number of nitriles is 1. The van der Waals surface area contributed by atoms with Crippen LogP contribution in [0.1, 0.15) is 37.7 Å². The summed E-state index contributed by atoms with van der Waals surface area (Å²) < 4.78 is 5.76. The van der Waals surface area contributed by atoms with Gasteiger partial charge in [-0.1, -0.05) is 24.4 Å². The van der Waals surface area contributed by atoms with E-state index in [-0.39, 0.29) is 12.1 Å². The van der Waals surface area contributed by atoms with Crippen LogP contribution in [0.25, 0.3) is 0 Å². The maximum absolute atomic E-state index is 12.3. The van der Waals surface area contributed by atoms with Gasteiger partial charge in [-0.25, -0.2) is 14.6 Å². The van der Waals surface area contributed by atoms with Gasteiger partial charge >= 0.3 is 12.1 Å². The molecule has 1 saturated carbocycles. The van der Waals surface area contributed by atoms with Crippen molar-refractivity contribution in [2.75, 3.05) is 23.8 Å². The number of ether oxygens (including phenoxy) is 1. The van der Waals surface area contributed by atoms with Crippen molar-refractivity contribution in [3.05, 3.63) is 47.1 Å². The number of hydrogen-bond acceptors (Lipinski definition) is 5. The second-order valence-electron chi connectivity index (χ2n) is 7.35. The Balaban J connectivity index is 1.44. The second kappa shape index (κ2) is 11.8. The second-order valence-corrected chi connectivity index (χ2v) is 7.78. The van der Waals surface area contributed by atoms with Crippen LogP contribution in [-0.2, 0) is 0 Å². The molecule has 0 spiro atoms. The van der Waals surface area contributed by atoms with E-state index in [4.69, 9.17) is 21.6 Å². The summed E-state index contributed by atoms with van der Waals surface area (Å²) in [4.78, 5) is 28.2. The highest BCUT2D eigenvalue weighted by atomic mass is 35.5. The van der Waals surface area contributed by atoms with Crippen LogP contribution in [0.15, 0.2) is 36.5 Å². The van der Waals surface area contributed by atoms with Gasteiger partial charge in [-0.05, 0) is 49.6 Å². The summed E-state index contributed by atoms with van der Waals surface area (Å²) in [6, 6.07) is 9.55. The highest BCUT2D eigenvalue weighted by molar-refractivity contribution is 6.31. The number of urea groups is 2. The van der Waals surface area contributed by atoms with Gasteiger partial charge in [-0.2, -0.15) is 5.26 Å². The first-order valence-corrected chi connectivity index (χ1v) is 10.8. The van der Waals surface area contributed by atoms with E-state index in [1.54, 1.807) is 24.3 Å². The Morgan fingerprint density at radius 1 is 1.16 bits per heavy atom. The number of amides is 4. The van der Waals surface area contributed by atoms with Gasteiger partial charge in [0.1, 0.15) is 17.6 Å². The lowest BCUT2D eigenvalue weighted by Crippen LogP contribution is -2.41. The van der Waals surface area contributed by atoms with Gasteiger partial charge in [0.05, 0.1) is 17.9 Å². The fourth-order valence-corrected chi connectivity index (χ4v) is 3.46. The minimum Gasteiger partial charge on any atom is -0.491 e. The molecule has 168 valence electrons. The van der Waals surface area contributed by atoms with Crippen molar-refractivity contribution >= 4 is 35.2 Å². The third-order valence-electron chi connectivity index (χ3n) is 4.88. The largest absolute Gasteiger partial charge is 0.491 e. The summed E-state index contributed by atoms with van der Waals surface area (Å²) in [6.45, 7) is 0.818. The summed E-state index contributed by atoms with van der Waals surface area (Å²) in [5.41, 5.74) is 0.794. The predicted molar refractivity (Wildman–Crippen MR) is 122 cm³/mol. The Bertz CT molecular complexity index is 971. The van der Waals surface area contributed by atoms with Crippen LogP contribution >= 0.6 is 11.6 Å². The molecular weight excluding hydrogens is 432 g/mol. The molecule has 1 fully saturated rings. The molecule has 1 aromatic carbocycles. The topological polar surface area (TPSA) is 128 Å². The number of aromatic nitrogens is 1. The summed E-state index contributed by atoms with van der Waals surface area (Å²) in [7, 11) is 0. The van der Waals surface area contributed by atoms with E-state index in [1.807, 2.05) is 6.07 Å². The molecular formula is C22H25ClN6O3. The molecule has 0 saturated heterocycles. The van der Waals surface area contributed by atoms with Crippen molar-refractivity contribution in [3.63, 3.8) is 0 Å². The maximum atomic E-state index is 12.3. The van der Waals surface area contributed by atoms with E-state index in [2.05, 4.69) is 26.3 Å². The monoisotopic (exact) mass is 456 g/mol. The van der Waals surface area contributed by atoms with Crippen LogP contribution in [0.5, 0.6) is 5.75 Å². The molecule has 4 amide bonds. The number of nitrogens with zero attached hydrogens (tertiary/aromatic N) is 2. The lowest BCUT2D eigenvalue weighted by molar-refractivity contribution is 0.235. The number of anilines is 2. The van der Waals surface area contributed by atoms with E-state index in [1.165, 1.54) is 12.3 Å². The zero-order valence-electron chi connectivity index (χ0n) is 17.5. The van der Waals surface area contributed by atoms with Crippen molar-refractivity contribution in [3.8, 4) is 11.8 Å². The number of pyridine rings is 1. The van der Waals surface area contributed by atoms with Crippen molar-refractivity contribution in [2.24, 2.45) is 0 Å². The van der Waals surface area contributed by atoms with E-state index in [9.17, 15) is 9.59 Å². The molecule has 3 rings (SSSR count). The van der Waals surface area contributed by atoms with Gasteiger partial charge in [-0.3, -0.25) is 5.32 Å². The number of benzene rings is 1. The lowest BCUT2D eigenvalue weighted by atomic mass is 10.2. The molecule has 0 radical (unpaired) electrons. The van der Waals surface area contributed by atoms with Crippen LogP contribution in [0.2, 0.25) is 5.02 Å². The average Bonchev–Trinajstić information content (AvgIpc) is 3.28. The Morgan fingerprint density at radius 3 is 2.69 bits per heavy atom. The molecule has 1 aliphatic carbocycles. The third kappa shape index (κ3) is 7.32. The molecule has 0 aliphatic heterocycles. The molecule has 0 bridgehead atoms. The van der Waals surface area contributed by atoms with Crippen LogP contribution in [-0.4, -0.2) is 36.2 Å². The standard InChI is InChI=1S/C22H25ClN6O3/c23-16-7-8-19(32-11-3-10-25-21(30)27-17-4-1-2-5-17)18(12-16)28-22(31)29-20-9-6-15(13-24)14-26-20/h6-9,12,14,17H,1-5,10-11H2,(H2,25,27,30)(H2,26,28,29,31). The third-order valence-corrected chi connectivity index (χ3v) is 5.11. The van der Waals surface area contributed by atoms with Gasteiger partial charge in [0.15, 0.2) is 0 Å². The minimum atomic E-state index is -0.528. The van der Waals surface area contributed by atoms with Gasteiger partial charge < -0.3 is 20.7 Å². The minimum absolute atomic E-state index is 0.154. The van der Waals surface area contributed by atoms with Crippen LogP contribution in [0.4, 0.5) is 21.1 Å². The fourth-order valence-electron chi connectivity index (χ4n) is 3.29. The smallest absolute Gasteiger partial charge is 0.324 e. The van der Waals surface area contributed by atoms with E-state index in [0.717, 1.165) is 25.7 Å². The molecule has 0 unspecified atom stereocenters. The van der Waals surface area contributed by atoms with E-state index in [0.29, 0.717) is 47.4 Å². The molecule has 9 nitrogen and oxygen atoms in total. The maximum Gasteiger partial charge on any atom is 0.324 e. The fraction of sp³-hybridized carbons (Fsp3) is 0.364. The summed E-state index contributed by atoms with van der Waals surface area (Å²) >= 11 is 6.06. The van der Waals surface area contributed by atoms with Crippen molar-refractivity contribution in [1.29, 1.82) is 5.26 Å². The van der Waals surface area contributed by atoms with Crippen molar-refractivity contribution in [2.45, 2.75) is 38.1 Å². The number of rotatable bonds is 8. The van der Waals surface area contributed by atoms with Crippen molar-refractivity contribution < 1.29 is 14.3 Å². The van der Waals surface area contributed by atoms with Gasteiger partial charge in [0.25, 0.3) is 0 Å². The molecule has 10 heteroatoms. The van der Waals surface area contributed by atoms with E-state index >= 15 is 0 Å². The highest BCUT2D eigenvalue weighted by Crippen LogP contribution is 2.28. The summed E-state index contributed by atoms with van der Waals surface area (Å²) in [6.07, 6.45) is 6.37. The van der Waals surface area contributed by atoms with E-state index < -0.39 is 6.03 Å². The molecule has 4 N–H and O–H groups in total. The van der Waals surface area contributed by atoms with Crippen LogP contribution in [0, 0.1) is 11.3 Å². The molecule has 1 aromatic heterocycles. The van der Waals surface area contributed by atoms with Gasteiger partial charge in [0, 0.05) is 23.8 Å². The molecule has 0 atom stereocenters. The first kappa shape index (κ1) is 23.2. The predicted octanol–water partition coefficient (Wildman–Crippen LogP) is 4.26. The lowest BCUT2D eigenvalue weighted by Gasteiger charge is -2.15. The number of carbonyl (C=O) groups excluding carboxylic acids is 2. The molecule has 2 aromatic rings. The molecule has 1 aliphatic rings. The van der Waals surface area contributed by atoms with Crippen LogP contribution < -0.4 is 26.0 Å². The Kier molecular flexibility index (Phi) is 8.52. The normalized spacial score (nSPS) is 13.1. The first-order chi connectivity index (χ1) is 15.5. The molecule has 32 heavy (non-hydrogen) atoms. The Hall–Kier alpha value is -3.51. The number of carbonyl (C=O) groups is 2. The van der Waals surface area contributed by atoms with Gasteiger partial charge in [0.2, 0.25) is 0 Å². The molecule has 1 heterocycles. The first-order valence-electron chi connectivity index (χ1n) is 10.4. The zero-order chi connectivity index (χ0) is 22.8. The van der Waals surface area contributed by atoms with Gasteiger partial charge in [-0.15, -0.1) is 0 Å². The highest BCUT2D eigenvalue weighted by Gasteiger charge is 2.16. The SMILES string of the molecule is N#Cc1ccc(NC(=O)Nc2cc(Cl)ccc2OCCCNC(=O)NC2CCCC2)nc1. The summed E-state index contributed by atoms with van der Waals surface area (Å²) in [5, 5.41) is 20.3. The van der Waals surface area contributed by atoms with Crippen LogP contribution in [0.3, 0.4) is 0 Å². The number of nitrogens with one attached hydrogen (secondary N) is 4. The number of halogens is 1. The average molecular weight is 457 g/mol. The Labute approximate surface area is 191 Å². The Morgan fingerprint density at radius 2 is 1.97 bits per heavy atom. The number of hydrogen-bond donors (Lipinski definition) is 4.